The molecule has 0 radical (unpaired) electrons. The second-order valence-corrected chi connectivity index (χ2v) is 7.43. The van der Waals surface area contributed by atoms with Crippen LogP contribution in [0.25, 0.3) is 5.69 Å². The van der Waals surface area contributed by atoms with Crippen LogP contribution in [0.5, 0.6) is 0 Å². The zero-order valence-electron chi connectivity index (χ0n) is 16.6. The second kappa shape index (κ2) is 7.95. The molecule has 1 heterocycles. The highest BCUT2D eigenvalue weighted by Gasteiger charge is 2.31. The monoisotopic (exact) mass is 388 g/mol. The van der Waals surface area contributed by atoms with E-state index in [0.717, 1.165) is 29.9 Å². The Morgan fingerprint density at radius 2 is 1.62 bits per heavy atom. The van der Waals surface area contributed by atoms with E-state index in [9.17, 15) is 9.59 Å². The minimum absolute atomic E-state index is 0.190. The smallest absolute Gasteiger partial charge is 0.341 e. The highest BCUT2D eigenvalue weighted by Crippen LogP contribution is 2.26. The van der Waals surface area contributed by atoms with Crippen molar-refractivity contribution >= 4 is 11.9 Å². The Hall–Kier alpha value is -3.34. The number of amides is 1. The van der Waals surface area contributed by atoms with Crippen LogP contribution < -0.4 is 5.32 Å². The van der Waals surface area contributed by atoms with Crippen LogP contribution in [0.1, 0.15) is 46.3 Å². The highest BCUT2D eigenvalue weighted by molar-refractivity contribution is 5.94. The summed E-state index contributed by atoms with van der Waals surface area (Å²) in [6.07, 6.45) is 0.975. The van der Waals surface area contributed by atoms with E-state index in [1.54, 1.807) is 12.1 Å². The van der Waals surface area contributed by atoms with Gasteiger partial charge in [-0.25, -0.2) is 4.79 Å². The lowest BCUT2D eigenvalue weighted by Crippen LogP contribution is -2.33. The van der Waals surface area contributed by atoms with Gasteiger partial charge >= 0.3 is 5.97 Å². The summed E-state index contributed by atoms with van der Waals surface area (Å²) in [5.41, 5.74) is 3.82. The van der Waals surface area contributed by atoms with Gasteiger partial charge in [-0.1, -0.05) is 48.5 Å². The summed E-state index contributed by atoms with van der Waals surface area (Å²) in [5, 5.41) is 2.94. The van der Waals surface area contributed by atoms with Gasteiger partial charge in [-0.05, 0) is 44.9 Å². The Balaban J connectivity index is 1.62. The van der Waals surface area contributed by atoms with Crippen molar-refractivity contribution in [1.29, 1.82) is 0 Å². The molecule has 29 heavy (non-hydrogen) atoms. The van der Waals surface area contributed by atoms with Crippen molar-refractivity contribution in [1.82, 2.24) is 9.88 Å². The van der Waals surface area contributed by atoms with Crippen LogP contribution in [0, 0.1) is 13.8 Å². The van der Waals surface area contributed by atoms with Gasteiger partial charge in [-0.2, -0.15) is 0 Å². The number of ether oxygens (including phenoxy) is 1. The number of hydrogen-bond acceptors (Lipinski definition) is 3. The Kier molecular flexibility index (Phi) is 5.21. The van der Waals surface area contributed by atoms with Crippen LogP contribution in [-0.4, -0.2) is 22.5 Å². The summed E-state index contributed by atoms with van der Waals surface area (Å²) < 4.78 is 7.75. The molecule has 4 rings (SSSR count). The molecule has 1 aromatic heterocycles. The van der Waals surface area contributed by atoms with Crippen LogP contribution in [0.4, 0.5) is 0 Å². The van der Waals surface area contributed by atoms with Gasteiger partial charge < -0.3 is 14.6 Å². The topological polar surface area (TPSA) is 60.3 Å². The SMILES string of the molecule is Cc1cc(C(=O)O[C@H](C(=O)NC2CC2)c2ccccc2)c(C)n1-c1ccccc1. The van der Waals surface area contributed by atoms with E-state index in [0.29, 0.717) is 11.1 Å². The van der Waals surface area contributed by atoms with Crippen molar-refractivity contribution < 1.29 is 14.3 Å². The third-order valence-corrected chi connectivity index (χ3v) is 5.15. The summed E-state index contributed by atoms with van der Waals surface area (Å²) >= 11 is 0. The molecule has 1 aliphatic rings. The lowest BCUT2D eigenvalue weighted by atomic mass is 10.1. The molecule has 0 bridgehead atoms. The molecule has 1 saturated carbocycles. The van der Waals surface area contributed by atoms with E-state index in [1.807, 2.05) is 73.0 Å². The number of aromatic nitrogens is 1. The molecule has 1 N–H and O–H groups in total. The third-order valence-electron chi connectivity index (χ3n) is 5.15. The normalized spacial score (nSPS) is 14.3. The van der Waals surface area contributed by atoms with Gasteiger partial charge in [-0.15, -0.1) is 0 Å². The largest absolute Gasteiger partial charge is 0.444 e. The van der Waals surface area contributed by atoms with E-state index in [-0.39, 0.29) is 11.9 Å². The molecule has 5 nitrogen and oxygen atoms in total. The molecule has 1 atom stereocenters. The van der Waals surface area contributed by atoms with Crippen molar-refractivity contribution in [3.8, 4) is 5.69 Å². The minimum Gasteiger partial charge on any atom is -0.444 e. The maximum atomic E-state index is 13.0. The fourth-order valence-electron chi connectivity index (χ4n) is 3.52. The van der Waals surface area contributed by atoms with Gasteiger partial charge in [0.15, 0.2) is 0 Å². The van der Waals surface area contributed by atoms with Crippen LogP contribution in [0.2, 0.25) is 0 Å². The first-order valence-corrected chi connectivity index (χ1v) is 9.85. The van der Waals surface area contributed by atoms with Gasteiger partial charge in [0, 0.05) is 28.7 Å². The predicted molar refractivity (Wildman–Crippen MR) is 111 cm³/mol. The maximum Gasteiger partial charge on any atom is 0.341 e. The van der Waals surface area contributed by atoms with E-state index >= 15 is 0 Å². The highest BCUT2D eigenvalue weighted by atomic mass is 16.5. The predicted octanol–water partition coefficient (Wildman–Crippen LogP) is 4.27. The van der Waals surface area contributed by atoms with Crippen molar-refractivity contribution in [3.63, 3.8) is 0 Å². The van der Waals surface area contributed by atoms with Gasteiger partial charge in [0.05, 0.1) is 5.56 Å². The van der Waals surface area contributed by atoms with Crippen LogP contribution in [0.15, 0.2) is 66.7 Å². The second-order valence-electron chi connectivity index (χ2n) is 7.43. The summed E-state index contributed by atoms with van der Waals surface area (Å²) in [6, 6.07) is 21.0. The Morgan fingerprint density at radius 1 is 1.00 bits per heavy atom. The van der Waals surface area contributed by atoms with Crippen LogP contribution in [-0.2, 0) is 9.53 Å². The summed E-state index contributed by atoms with van der Waals surface area (Å²) in [7, 11) is 0. The molecular weight excluding hydrogens is 364 g/mol. The Labute approximate surface area is 170 Å². The molecule has 1 fully saturated rings. The summed E-state index contributed by atoms with van der Waals surface area (Å²) in [6.45, 7) is 3.84. The van der Waals surface area contributed by atoms with E-state index in [1.165, 1.54) is 0 Å². The minimum atomic E-state index is -0.968. The molecule has 1 aliphatic carbocycles. The third kappa shape index (κ3) is 4.09. The molecular formula is C24H24N2O3. The Bertz CT molecular complexity index is 1020. The lowest BCUT2D eigenvalue weighted by molar-refractivity contribution is -0.130. The number of esters is 1. The van der Waals surface area contributed by atoms with Crippen LogP contribution >= 0.6 is 0 Å². The molecule has 1 amide bonds. The number of carbonyl (C=O) groups is 2. The van der Waals surface area contributed by atoms with Gasteiger partial charge in [-0.3, -0.25) is 4.79 Å². The van der Waals surface area contributed by atoms with Crippen molar-refractivity contribution in [2.45, 2.75) is 38.8 Å². The number of nitrogens with zero attached hydrogens (tertiary/aromatic N) is 1. The zero-order chi connectivity index (χ0) is 20.4. The number of para-hydroxylation sites is 1. The van der Waals surface area contributed by atoms with Gasteiger partial charge in [0.25, 0.3) is 5.91 Å². The molecule has 5 heteroatoms. The number of hydrogen-bond donors (Lipinski definition) is 1. The summed E-state index contributed by atoms with van der Waals surface area (Å²) in [4.78, 5) is 25.8. The molecule has 0 unspecified atom stereocenters. The number of aryl methyl sites for hydroxylation is 1. The first-order chi connectivity index (χ1) is 14.0. The van der Waals surface area contributed by atoms with Crippen molar-refractivity contribution in [2.75, 3.05) is 0 Å². The first kappa shape index (κ1) is 19.0. The molecule has 0 spiro atoms. The fraction of sp³-hybridized carbons (Fsp3) is 0.250. The van der Waals surface area contributed by atoms with E-state index in [2.05, 4.69) is 5.32 Å². The number of rotatable bonds is 6. The van der Waals surface area contributed by atoms with Gasteiger partial charge in [0.2, 0.25) is 6.10 Å². The van der Waals surface area contributed by atoms with Crippen molar-refractivity contribution in [2.24, 2.45) is 0 Å². The average Bonchev–Trinajstić information content (AvgIpc) is 3.50. The molecule has 3 aromatic rings. The number of benzene rings is 2. The maximum absolute atomic E-state index is 13.0. The average molecular weight is 388 g/mol. The zero-order valence-corrected chi connectivity index (χ0v) is 16.6. The lowest BCUT2D eigenvalue weighted by Gasteiger charge is -2.18. The van der Waals surface area contributed by atoms with E-state index < -0.39 is 12.1 Å². The van der Waals surface area contributed by atoms with E-state index in [4.69, 9.17) is 4.74 Å². The first-order valence-electron chi connectivity index (χ1n) is 9.85. The van der Waals surface area contributed by atoms with Crippen LogP contribution in [0.3, 0.4) is 0 Å². The standard InChI is InChI=1S/C24H24N2O3/c1-16-15-21(17(2)26(16)20-11-7-4-8-12-20)24(28)29-22(18-9-5-3-6-10-18)23(27)25-19-13-14-19/h3-12,15,19,22H,13-14H2,1-2H3,(H,25,27)/t22-/m0/s1. The Morgan fingerprint density at radius 3 is 2.24 bits per heavy atom. The quantitative estimate of drug-likeness (QED) is 0.642. The fourth-order valence-corrected chi connectivity index (χ4v) is 3.52. The molecule has 2 aromatic carbocycles. The summed E-state index contributed by atoms with van der Waals surface area (Å²) in [5.74, 6) is -0.774. The van der Waals surface area contributed by atoms with Crippen molar-refractivity contribution in [3.05, 3.63) is 89.2 Å². The molecule has 148 valence electrons. The number of carbonyl (C=O) groups excluding carboxylic acids is 2. The number of nitrogens with one attached hydrogen (secondary N) is 1. The molecule has 0 saturated heterocycles. The molecule has 0 aliphatic heterocycles. The van der Waals surface area contributed by atoms with Gasteiger partial charge in [0.1, 0.15) is 0 Å².